The standard InChI is InChI=1S/C38H22N2O4.2C2H6/c41-35-27-15-11-23-25-13-17-29-34-30(38(44)40(37(29)43)20-22-9-5-2-6-10-22)18-14-26(32(25)34)24-12-16-28(33(27)31(23)24)36(42)39(35)19-21-7-3-1-4-8-21;2*1-2/h1-18H,19-20H2;2*1-2H3. The second kappa shape index (κ2) is 12.0. The summed E-state index contributed by atoms with van der Waals surface area (Å²) in [6, 6.07) is 33.9. The third kappa shape index (κ3) is 4.40. The van der Waals surface area contributed by atoms with Gasteiger partial charge in [0.05, 0.1) is 13.1 Å². The minimum absolute atomic E-state index is 0.194. The number of hydrogen-bond donors (Lipinski definition) is 0. The number of nitrogens with zero attached hydrogens (tertiary/aromatic N) is 2. The number of benzene rings is 7. The molecule has 48 heavy (non-hydrogen) atoms. The third-order valence-corrected chi connectivity index (χ3v) is 9.17. The Morgan fingerprint density at radius 3 is 0.896 bits per heavy atom. The Balaban J connectivity index is 0.000000880. The van der Waals surface area contributed by atoms with Crippen LogP contribution < -0.4 is 0 Å². The van der Waals surface area contributed by atoms with Crippen LogP contribution in [-0.2, 0) is 13.1 Å². The van der Waals surface area contributed by atoms with Gasteiger partial charge in [0.2, 0.25) is 0 Å². The molecule has 2 aliphatic rings. The monoisotopic (exact) mass is 630 g/mol. The van der Waals surface area contributed by atoms with Crippen molar-refractivity contribution in [2.75, 3.05) is 0 Å². The number of hydrogen-bond acceptors (Lipinski definition) is 4. The van der Waals surface area contributed by atoms with Crippen LogP contribution in [0.25, 0.3) is 43.1 Å². The quantitative estimate of drug-likeness (QED) is 0.110. The first-order valence-corrected chi connectivity index (χ1v) is 16.5. The van der Waals surface area contributed by atoms with Crippen molar-refractivity contribution in [3.8, 4) is 0 Å². The lowest BCUT2D eigenvalue weighted by atomic mass is 9.82. The average molecular weight is 631 g/mol. The summed E-state index contributed by atoms with van der Waals surface area (Å²) in [6.07, 6.45) is 0. The molecule has 6 nitrogen and oxygen atoms in total. The lowest BCUT2D eigenvalue weighted by molar-refractivity contribution is 0.0583. The van der Waals surface area contributed by atoms with Gasteiger partial charge in [0.25, 0.3) is 23.6 Å². The Morgan fingerprint density at radius 2 is 0.625 bits per heavy atom. The van der Waals surface area contributed by atoms with Crippen LogP contribution in [0, 0.1) is 0 Å². The van der Waals surface area contributed by atoms with E-state index in [-0.39, 0.29) is 36.7 Å². The van der Waals surface area contributed by atoms with E-state index < -0.39 is 0 Å². The zero-order valence-electron chi connectivity index (χ0n) is 27.3. The summed E-state index contributed by atoms with van der Waals surface area (Å²) in [5, 5.41) is 6.49. The van der Waals surface area contributed by atoms with Gasteiger partial charge in [-0.2, -0.15) is 0 Å². The Bertz CT molecular complexity index is 2120. The first kappa shape index (κ1) is 30.8. The maximum Gasteiger partial charge on any atom is 0.261 e. The summed E-state index contributed by atoms with van der Waals surface area (Å²) in [4.78, 5) is 57.7. The van der Waals surface area contributed by atoms with Crippen molar-refractivity contribution in [3.63, 3.8) is 0 Å². The Kier molecular flexibility index (Phi) is 7.72. The maximum atomic E-state index is 13.8. The van der Waals surface area contributed by atoms with Crippen LogP contribution in [0.5, 0.6) is 0 Å². The molecule has 0 fully saturated rings. The van der Waals surface area contributed by atoms with Gasteiger partial charge < -0.3 is 0 Å². The van der Waals surface area contributed by atoms with Gasteiger partial charge in [0.1, 0.15) is 0 Å². The normalized spacial score (nSPS) is 13.7. The van der Waals surface area contributed by atoms with Crippen LogP contribution in [0.4, 0.5) is 0 Å². The molecule has 4 amide bonds. The van der Waals surface area contributed by atoms with Gasteiger partial charge >= 0.3 is 0 Å². The molecule has 0 saturated heterocycles. The minimum atomic E-state index is -0.319. The van der Waals surface area contributed by atoms with Crippen LogP contribution in [0.15, 0.2) is 109 Å². The molecule has 7 aromatic rings. The Labute approximate surface area is 278 Å². The van der Waals surface area contributed by atoms with Gasteiger partial charge in [0.15, 0.2) is 0 Å². The third-order valence-electron chi connectivity index (χ3n) is 9.17. The summed E-state index contributed by atoms with van der Waals surface area (Å²) >= 11 is 0. The van der Waals surface area contributed by atoms with Gasteiger partial charge in [-0.15, -0.1) is 0 Å². The highest BCUT2D eigenvalue weighted by Crippen LogP contribution is 2.46. The van der Waals surface area contributed by atoms with E-state index in [2.05, 4.69) is 0 Å². The number of fused-ring (bicyclic) bond motifs is 2. The summed E-state index contributed by atoms with van der Waals surface area (Å²) in [5.41, 5.74) is 3.73. The van der Waals surface area contributed by atoms with Crippen LogP contribution in [0.2, 0.25) is 0 Å². The molecule has 0 aliphatic carbocycles. The first-order valence-electron chi connectivity index (χ1n) is 16.5. The average Bonchev–Trinajstić information content (AvgIpc) is 3.15. The zero-order valence-corrected chi connectivity index (χ0v) is 27.3. The van der Waals surface area contributed by atoms with Crippen LogP contribution in [0.1, 0.15) is 80.3 Å². The molecule has 0 radical (unpaired) electrons. The lowest BCUT2D eigenvalue weighted by Gasteiger charge is -2.30. The predicted octanol–water partition coefficient (Wildman–Crippen LogP) is 9.38. The van der Waals surface area contributed by atoms with E-state index in [1.54, 1.807) is 24.3 Å². The van der Waals surface area contributed by atoms with E-state index in [4.69, 9.17) is 0 Å². The molecule has 0 spiro atoms. The SMILES string of the molecule is CC.CC.O=C1c2ccc3c4ccc5c6c(ccc(c7ccc(c2c37)C(=O)N1Cc1ccccc1)c64)C(=O)N(Cc1ccccc1)C5=O. The zero-order chi connectivity index (χ0) is 33.7. The Hall–Kier alpha value is -5.88. The molecule has 236 valence electrons. The first-order chi connectivity index (χ1) is 23.5. The molecule has 6 heteroatoms. The van der Waals surface area contributed by atoms with E-state index in [0.717, 1.165) is 43.4 Å². The van der Waals surface area contributed by atoms with Crippen molar-refractivity contribution in [2.45, 2.75) is 40.8 Å². The minimum Gasteiger partial charge on any atom is -0.270 e. The van der Waals surface area contributed by atoms with Gasteiger partial charge in [-0.25, -0.2) is 0 Å². The topological polar surface area (TPSA) is 74.8 Å². The molecule has 0 saturated carbocycles. The van der Waals surface area contributed by atoms with Crippen molar-refractivity contribution in [2.24, 2.45) is 0 Å². The fraction of sp³-hybridized carbons (Fsp3) is 0.143. The Morgan fingerprint density at radius 1 is 0.354 bits per heavy atom. The van der Waals surface area contributed by atoms with Crippen molar-refractivity contribution in [3.05, 3.63) is 143 Å². The van der Waals surface area contributed by atoms with Gasteiger partial charge in [-0.1, -0.05) is 113 Å². The highest BCUT2D eigenvalue weighted by Gasteiger charge is 2.36. The van der Waals surface area contributed by atoms with E-state index in [0.29, 0.717) is 33.0 Å². The number of carbonyl (C=O) groups excluding carboxylic acids is 4. The molecule has 0 atom stereocenters. The summed E-state index contributed by atoms with van der Waals surface area (Å²) < 4.78 is 0. The van der Waals surface area contributed by atoms with Crippen LogP contribution in [0.3, 0.4) is 0 Å². The van der Waals surface area contributed by atoms with Crippen LogP contribution in [-0.4, -0.2) is 33.4 Å². The van der Waals surface area contributed by atoms with Crippen molar-refractivity contribution < 1.29 is 19.2 Å². The van der Waals surface area contributed by atoms with E-state index >= 15 is 0 Å². The van der Waals surface area contributed by atoms with Gasteiger partial charge in [-0.3, -0.25) is 29.0 Å². The highest BCUT2D eigenvalue weighted by atomic mass is 16.2. The second-order valence-electron chi connectivity index (χ2n) is 11.5. The molecule has 0 aromatic heterocycles. The van der Waals surface area contributed by atoms with Crippen molar-refractivity contribution >= 4 is 66.7 Å². The molecule has 2 heterocycles. The molecule has 9 rings (SSSR count). The summed E-state index contributed by atoms with van der Waals surface area (Å²) in [5.74, 6) is -1.27. The van der Waals surface area contributed by atoms with Gasteiger partial charge in [0, 0.05) is 33.0 Å². The fourth-order valence-corrected chi connectivity index (χ4v) is 7.19. The molecule has 0 N–H and O–H groups in total. The van der Waals surface area contributed by atoms with Crippen LogP contribution >= 0.6 is 0 Å². The number of imide groups is 2. The smallest absolute Gasteiger partial charge is 0.261 e. The predicted molar refractivity (Wildman–Crippen MR) is 192 cm³/mol. The van der Waals surface area contributed by atoms with E-state index in [1.165, 1.54) is 9.80 Å². The lowest BCUT2D eigenvalue weighted by Crippen LogP contribution is -2.40. The van der Waals surface area contributed by atoms with Crippen molar-refractivity contribution in [1.82, 2.24) is 9.80 Å². The fourth-order valence-electron chi connectivity index (χ4n) is 7.19. The summed E-state index contributed by atoms with van der Waals surface area (Å²) in [7, 11) is 0. The number of amides is 4. The molecular weight excluding hydrogens is 596 g/mol. The van der Waals surface area contributed by atoms with E-state index in [1.807, 2.05) is 113 Å². The molecule has 2 aliphatic heterocycles. The van der Waals surface area contributed by atoms with E-state index in [9.17, 15) is 19.2 Å². The second-order valence-corrected chi connectivity index (χ2v) is 11.5. The maximum absolute atomic E-state index is 13.8. The van der Waals surface area contributed by atoms with Crippen molar-refractivity contribution in [1.29, 1.82) is 0 Å². The molecule has 0 unspecified atom stereocenters. The molecular formula is C42H34N2O4. The molecule has 0 bridgehead atoms. The number of carbonyl (C=O) groups is 4. The number of rotatable bonds is 4. The molecule has 7 aromatic carbocycles. The highest BCUT2D eigenvalue weighted by molar-refractivity contribution is 6.41. The van der Waals surface area contributed by atoms with Gasteiger partial charge in [-0.05, 0) is 67.7 Å². The summed E-state index contributed by atoms with van der Waals surface area (Å²) in [6.45, 7) is 8.39. The largest absolute Gasteiger partial charge is 0.270 e.